The molecule has 2 amide bonds. The third kappa shape index (κ3) is 3.91. The minimum absolute atomic E-state index is 0.0783. The van der Waals surface area contributed by atoms with Crippen LogP contribution in [0.25, 0.3) is 0 Å². The molecule has 0 bridgehead atoms. The van der Waals surface area contributed by atoms with Gasteiger partial charge in [0.05, 0.1) is 10.6 Å². The van der Waals surface area contributed by atoms with Gasteiger partial charge in [-0.1, -0.05) is 17.7 Å². The number of likely N-dealkylation sites (tertiary alicyclic amines) is 1. The van der Waals surface area contributed by atoms with Crippen molar-refractivity contribution in [3.8, 4) is 0 Å². The maximum Gasteiger partial charge on any atom is 0.271 e. The number of carbonyl (C=O) groups is 2. The fourth-order valence-electron chi connectivity index (χ4n) is 2.82. The number of nitrogens with one attached hydrogen (secondary N) is 2. The Balaban J connectivity index is 1.59. The van der Waals surface area contributed by atoms with Crippen molar-refractivity contribution in [3.05, 3.63) is 62.8 Å². The summed E-state index contributed by atoms with van der Waals surface area (Å²) in [6.07, 6.45) is 1.04. The van der Waals surface area contributed by atoms with Crippen molar-refractivity contribution in [3.63, 3.8) is 0 Å². The molecule has 2 heterocycles. The molecule has 1 aromatic carbocycles. The Morgan fingerprint density at radius 1 is 1.23 bits per heavy atom. The van der Waals surface area contributed by atoms with Crippen molar-refractivity contribution in [1.82, 2.24) is 20.4 Å². The zero-order valence-corrected chi connectivity index (χ0v) is 14.4. The van der Waals surface area contributed by atoms with Crippen molar-refractivity contribution in [2.45, 2.75) is 18.9 Å². The van der Waals surface area contributed by atoms with Gasteiger partial charge in [-0.25, -0.2) is 9.49 Å². The minimum Gasteiger partial charge on any atom is -0.348 e. The molecular formula is C17H16ClFN4O3. The van der Waals surface area contributed by atoms with Crippen molar-refractivity contribution >= 4 is 23.4 Å². The van der Waals surface area contributed by atoms with Crippen LogP contribution >= 0.6 is 11.6 Å². The van der Waals surface area contributed by atoms with E-state index in [0.717, 1.165) is 0 Å². The average Bonchev–Trinajstić information content (AvgIpc) is 2.62. The van der Waals surface area contributed by atoms with Gasteiger partial charge in [0, 0.05) is 25.2 Å². The Hall–Kier alpha value is -2.74. The highest BCUT2D eigenvalue weighted by Gasteiger charge is 2.27. The van der Waals surface area contributed by atoms with Crippen LogP contribution in [-0.4, -0.2) is 46.0 Å². The standard InChI is InChI=1S/C17H16ClFN4O3/c18-11-2-1-3-12(19)15(11)17(26)23-8-6-10(7-9-23)20-16(25)13-4-5-14(24)22-21-13/h1-5,10H,6-9H2,(H,20,25)(H,22,24). The fourth-order valence-corrected chi connectivity index (χ4v) is 3.06. The molecule has 1 saturated heterocycles. The molecule has 3 rings (SSSR count). The minimum atomic E-state index is -0.651. The van der Waals surface area contributed by atoms with Crippen LogP contribution in [0.4, 0.5) is 4.39 Å². The first-order valence-electron chi connectivity index (χ1n) is 8.05. The molecule has 26 heavy (non-hydrogen) atoms. The quantitative estimate of drug-likeness (QED) is 0.848. The lowest BCUT2D eigenvalue weighted by Crippen LogP contribution is -2.47. The van der Waals surface area contributed by atoms with Gasteiger partial charge in [0.2, 0.25) is 0 Å². The highest BCUT2D eigenvalue weighted by atomic mass is 35.5. The van der Waals surface area contributed by atoms with E-state index in [9.17, 15) is 18.8 Å². The Morgan fingerprint density at radius 2 is 1.96 bits per heavy atom. The van der Waals surface area contributed by atoms with Crippen LogP contribution in [0.1, 0.15) is 33.7 Å². The predicted molar refractivity (Wildman–Crippen MR) is 92.7 cm³/mol. The summed E-state index contributed by atoms with van der Waals surface area (Å²) in [5, 5.41) is 8.77. The molecule has 1 aliphatic heterocycles. The van der Waals surface area contributed by atoms with E-state index >= 15 is 0 Å². The van der Waals surface area contributed by atoms with Gasteiger partial charge in [-0.15, -0.1) is 0 Å². The summed E-state index contributed by atoms with van der Waals surface area (Å²) < 4.78 is 13.9. The lowest BCUT2D eigenvalue weighted by Gasteiger charge is -2.32. The number of H-pyrrole nitrogens is 1. The fraction of sp³-hybridized carbons (Fsp3) is 0.294. The first-order chi connectivity index (χ1) is 12.5. The molecule has 7 nitrogen and oxygen atoms in total. The van der Waals surface area contributed by atoms with Gasteiger partial charge >= 0.3 is 0 Å². The highest BCUT2D eigenvalue weighted by Crippen LogP contribution is 2.22. The zero-order chi connectivity index (χ0) is 18.7. The van der Waals surface area contributed by atoms with E-state index in [4.69, 9.17) is 11.6 Å². The molecule has 1 aliphatic rings. The van der Waals surface area contributed by atoms with E-state index in [0.29, 0.717) is 25.9 Å². The SMILES string of the molecule is O=C(NC1CCN(C(=O)c2c(F)cccc2Cl)CC1)c1ccc(=O)[nH]n1. The van der Waals surface area contributed by atoms with E-state index in [1.807, 2.05) is 0 Å². The molecule has 0 aliphatic carbocycles. The van der Waals surface area contributed by atoms with Crippen LogP contribution in [0, 0.1) is 5.82 Å². The summed E-state index contributed by atoms with van der Waals surface area (Å²) in [5.74, 6) is -1.51. The van der Waals surface area contributed by atoms with E-state index in [2.05, 4.69) is 15.5 Å². The number of hydrogen-bond donors (Lipinski definition) is 2. The molecule has 1 fully saturated rings. The van der Waals surface area contributed by atoms with Gasteiger partial charge in [0.1, 0.15) is 11.5 Å². The van der Waals surface area contributed by atoms with Gasteiger partial charge in [0.15, 0.2) is 0 Å². The number of aromatic amines is 1. The largest absolute Gasteiger partial charge is 0.348 e. The number of halogens is 2. The van der Waals surface area contributed by atoms with Gasteiger partial charge < -0.3 is 10.2 Å². The zero-order valence-electron chi connectivity index (χ0n) is 13.7. The first-order valence-corrected chi connectivity index (χ1v) is 8.43. The van der Waals surface area contributed by atoms with Crippen molar-refractivity contribution in [1.29, 1.82) is 0 Å². The third-order valence-corrected chi connectivity index (χ3v) is 4.52. The third-order valence-electron chi connectivity index (χ3n) is 4.21. The molecule has 0 atom stereocenters. The lowest BCUT2D eigenvalue weighted by molar-refractivity contribution is 0.0693. The molecule has 2 aromatic rings. The van der Waals surface area contributed by atoms with Gasteiger partial charge in [-0.05, 0) is 31.0 Å². The number of aromatic nitrogens is 2. The number of nitrogens with zero attached hydrogens (tertiary/aromatic N) is 2. The molecule has 0 saturated carbocycles. The maximum absolute atomic E-state index is 13.9. The smallest absolute Gasteiger partial charge is 0.271 e. The molecular weight excluding hydrogens is 363 g/mol. The Kier molecular flexibility index (Phi) is 5.32. The molecule has 9 heteroatoms. The van der Waals surface area contributed by atoms with Crippen LogP contribution in [0.15, 0.2) is 35.1 Å². The lowest BCUT2D eigenvalue weighted by atomic mass is 10.0. The number of benzene rings is 1. The van der Waals surface area contributed by atoms with Crippen LogP contribution in [0.2, 0.25) is 5.02 Å². The highest BCUT2D eigenvalue weighted by molar-refractivity contribution is 6.33. The number of piperidine rings is 1. The van der Waals surface area contributed by atoms with Crippen LogP contribution in [-0.2, 0) is 0 Å². The Bertz CT molecular complexity index is 853. The van der Waals surface area contributed by atoms with Gasteiger partial charge in [-0.2, -0.15) is 5.10 Å². The van der Waals surface area contributed by atoms with Crippen molar-refractivity contribution in [2.75, 3.05) is 13.1 Å². The van der Waals surface area contributed by atoms with E-state index < -0.39 is 17.6 Å². The van der Waals surface area contributed by atoms with Crippen LogP contribution < -0.4 is 10.9 Å². The van der Waals surface area contributed by atoms with Crippen LogP contribution in [0.5, 0.6) is 0 Å². The van der Waals surface area contributed by atoms with Gasteiger partial charge in [-0.3, -0.25) is 14.4 Å². The molecule has 2 N–H and O–H groups in total. The number of carbonyl (C=O) groups excluding carboxylic acids is 2. The monoisotopic (exact) mass is 378 g/mol. The predicted octanol–water partition coefficient (Wildman–Crippen LogP) is 1.60. The average molecular weight is 379 g/mol. The molecule has 1 aromatic heterocycles. The topological polar surface area (TPSA) is 95.2 Å². The molecule has 136 valence electrons. The maximum atomic E-state index is 13.9. The van der Waals surface area contributed by atoms with E-state index in [1.54, 1.807) is 0 Å². The first kappa shape index (κ1) is 18.1. The summed E-state index contributed by atoms with van der Waals surface area (Å²) in [4.78, 5) is 37.1. The summed E-state index contributed by atoms with van der Waals surface area (Å²) in [6.45, 7) is 0.737. The summed E-state index contributed by atoms with van der Waals surface area (Å²) >= 11 is 5.94. The summed E-state index contributed by atoms with van der Waals surface area (Å²) in [7, 11) is 0. The second-order valence-corrected chi connectivity index (χ2v) is 6.35. The molecule has 0 radical (unpaired) electrons. The van der Waals surface area contributed by atoms with Gasteiger partial charge in [0.25, 0.3) is 17.4 Å². The number of amides is 2. The summed E-state index contributed by atoms with van der Waals surface area (Å²) in [6, 6.07) is 6.54. The number of rotatable bonds is 3. The van der Waals surface area contributed by atoms with Crippen LogP contribution in [0.3, 0.4) is 0 Å². The van der Waals surface area contributed by atoms with E-state index in [-0.39, 0.29) is 27.9 Å². The second-order valence-electron chi connectivity index (χ2n) is 5.94. The van der Waals surface area contributed by atoms with E-state index in [1.165, 1.54) is 35.2 Å². The second kappa shape index (κ2) is 7.65. The Morgan fingerprint density at radius 3 is 2.58 bits per heavy atom. The molecule has 0 unspecified atom stereocenters. The number of hydrogen-bond acceptors (Lipinski definition) is 4. The Labute approximate surface area is 153 Å². The van der Waals surface area contributed by atoms with Crippen molar-refractivity contribution in [2.24, 2.45) is 0 Å². The summed E-state index contributed by atoms with van der Waals surface area (Å²) in [5.41, 5.74) is -0.407. The normalized spacial score (nSPS) is 14.9. The molecule has 0 spiro atoms. The van der Waals surface area contributed by atoms with Crippen molar-refractivity contribution < 1.29 is 14.0 Å².